The van der Waals surface area contributed by atoms with Crippen molar-refractivity contribution in [3.8, 4) is 0 Å². The maximum atomic E-state index is 12.9. The van der Waals surface area contributed by atoms with Crippen LogP contribution in [0, 0.1) is 13.8 Å². The number of pyridine rings is 1. The molecule has 0 spiro atoms. The summed E-state index contributed by atoms with van der Waals surface area (Å²) in [4.78, 5) is 21.0. The van der Waals surface area contributed by atoms with Crippen molar-refractivity contribution in [1.82, 2.24) is 15.2 Å². The van der Waals surface area contributed by atoms with Crippen LogP contribution in [0.5, 0.6) is 0 Å². The molecule has 1 aromatic heterocycles. The molecule has 0 aliphatic carbocycles. The van der Waals surface area contributed by atoms with E-state index < -0.39 is 0 Å². The Bertz CT molecular complexity index is 800. The van der Waals surface area contributed by atoms with E-state index in [4.69, 9.17) is 0 Å². The molecule has 0 saturated carbocycles. The van der Waals surface area contributed by atoms with Gasteiger partial charge in [0.05, 0.1) is 5.56 Å². The van der Waals surface area contributed by atoms with Gasteiger partial charge in [-0.15, -0.1) is 0 Å². The first-order valence-electron chi connectivity index (χ1n) is 10.3. The third-order valence-corrected chi connectivity index (χ3v) is 6.47. The second-order valence-electron chi connectivity index (χ2n) is 7.65. The van der Waals surface area contributed by atoms with E-state index in [0.717, 1.165) is 35.9 Å². The van der Waals surface area contributed by atoms with Gasteiger partial charge in [-0.05, 0) is 75.0 Å². The fourth-order valence-corrected chi connectivity index (χ4v) is 4.46. The predicted octanol–water partition coefficient (Wildman–Crippen LogP) is 4.84. The summed E-state index contributed by atoms with van der Waals surface area (Å²) >= 11 is 1.56. The summed E-state index contributed by atoms with van der Waals surface area (Å²) in [6, 6.07) is 10.3. The van der Waals surface area contributed by atoms with Crippen LogP contribution in [0.4, 0.5) is 0 Å². The van der Waals surface area contributed by atoms with Gasteiger partial charge in [0.15, 0.2) is 0 Å². The molecule has 0 atom stereocenters. The molecule has 3 rings (SSSR count). The first-order valence-corrected chi connectivity index (χ1v) is 11.1. The zero-order valence-electron chi connectivity index (χ0n) is 17.2. The second kappa shape index (κ2) is 10.1. The first-order chi connectivity index (χ1) is 13.6. The van der Waals surface area contributed by atoms with Crippen molar-refractivity contribution in [3.63, 3.8) is 0 Å². The van der Waals surface area contributed by atoms with Crippen LogP contribution in [0.3, 0.4) is 0 Å². The largest absolute Gasteiger partial charge is 0.349 e. The molecule has 1 aliphatic heterocycles. The number of hydrogen-bond donors (Lipinski definition) is 1. The van der Waals surface area contributed by atoms with Crippen molar-refractivity contribution >= 4 is 17.7 Å². The highest BCUT2D eigenvalue weighted by atomic mass is 32.2. The van der Waals surface area contributed by atoms with Crippen LogP contribution in [0.1, 0.15) is 54.1 Å². The van der Waals surface area contributed by atoms with E-state index in [1.54, 1.807) is 18.0 Å². The van der Waals surface area contributed by atoms with E-state index in [1.165, 1.54) is 30.5 Å². The molecule has 0 bridgehead atoms. The van der Waals surface area contributed by atoms with Crippen LogP contribution in [-0.4, -0.2) is 41.5 Å². The Morgan fingerprint density at radius 3 is 2.71 bits per heavy atom. The highest BCUT2D eigenvalue weighted by molar-refractivity contribution is 7.99. The minimum atomic E-state index is -0.00792. The summed E-state index contributed by atoms with van der Waals surface area (Å²) in [5, 5.41) is 4.01. The number of benzene rings is 1. The number of amides is 1. The van der Waals surface area contributed by atoms with Gasteiger partial charge in [-0.1, -0.05) is 31.2 Å². The molecule has 0 radical (unpaired) electrons. The average Bonchev–Trinajstić information content (AvgIpc) is 2.70. The summed E-state index contributed by atoms with van der Waals surface area (Å²) in [6.45, 7) is 9.77. The number of aryl methyl sites for hydroxylation is 2. The van der Waals surface area contributed by atoms with E-state index in [9.17, 15) is 4.79 Å². The van der Waals surface area contributed by atoms with Gasteiger partial charge in [0.2, 0.25) is 0 Å². The summed E-state index contributed by atoms with van der Waals surface area (Å²) in [5.41, 5.74) is 3.19. The van der Waals surface area contributed by atoms with Crippen molar-refractivity contribution in [1.29, 1.82) is 0 Å². The van der Waals surface area contributed by atoms with Crippen molar-refractivity contribution < 1.29 is 4.79 Å². The van der Waals surface area contributed by atoms with E-state index in [0.29, 0.717) is 5.56 Å². The molecular weight excluding hydrogens is 366 g/mol. The lowest BCUT2D eigenvalue weighted by molar-refractivity contribution is 0.0907. The zero-order valence-corrected chi connectivity index (χ0v) is 18.0. The molecule has 150 valence electrons. The van der Waals surface area contributed by atoms with Gasteiger partial charge in [0, 0.05) is 30.2 Å². The quantitative estimate of drug-likeness (QED) is 0.726. The van der Waals surface area contributed by atoms with E-state index in [2.05, 4.69) is 54.2 Å². The molecule has 1 aromatic carbocycles. The number of likely N-dealkylation sites (tertiary alicyclic amines) is 1. The van der Waals surface area contributed by atoms with Gasteiger partial charge < -0.3 is 10.2 Å². The Kier molecular flexibility index (Phi) is 7.51. The minimum Gasteiger partial charge on any atom is -0.349 e. The molecule has 1 N–H and O–H groups in total. The molecular formula is C23H31N3OS. The molecule has 5 heteroatoms. The van der Waals surface area contributed by atoms with Gasteiger partial charge in [0.25, 0.3) is 5.91 Å². The number of piperidine rings is 1. The molecule has 0 unspecified atom stereocenters. The molecule has 1 fully saturated rings. The Balaban J connectivity index is 1.62. The third kappa shape index (κ3) is 5.58. The monoisotopic (exact) mass is 397 g/mol. The van der Waals surface area contributed by atoms with Crippen molar-refractivity contribution in [2.75, 3.05) is 19.6 Å². The van der Waals surface area contributed by atoms with Gasteiger partial charge in [-0.3, -0.25) is 4.79 Å². The number of carbonyl (C=O) groups excluding carboxylic acids is 1. The summed E-state index contributed by atoms with van der Waals surface area (Å²) in [7, 11) is 0. The molecule has 1 amide bonds. The molecule has 2 aromatic rings. The smallest absolute Gasteiger partial charge is 0.254 e. The second-order valence-corrected chi connectivity index (χ2v) is 8.71. The number of unbranched alkanes of at least 4 members (excludes halogenated alkanes) is 1. The molecule has 4 nitrogen and oxygen atoms in total. The standard InChI is InChI=1S/C23H31N3OS/c1-4-5-13-26-14-10-19(11-15-26)25-22(27)21-7-6-12-24-23(21)28-20-9-8-17(2)18(3)16-20/h6-9,12,16,19H,4-5,10-11,13-15H2,1-3H3,(H,25,27). The van der Waals surface area contributed by atoms with E-state index >= 15 is 0 Å². The Morgan fingerprint density at radius 1 is 1.21 bits per heavy atom. The number of hydrogen-bond acceptors (Lipinski definition) is 4. The summed E-state index contributed by atoms with van der Waals surface area (Å²) in [6.07, 6.45) is 6.29. The molecule has 2 heterocycles. The van der Waals surface area contributed by atoms with E-state index in [-0.39, 0.29) is 11.9 Å². The molecule has 28 heavy (non-hydrogen) atoms. The first kappa shape index (κ1) is 20.9. The average molecular weight is 398 g/mol. The fraction of sp³-hybridized carbons (Fsp3) is 0.478. The predicted molar refractivity (Wildman–Crippen MR) is 116 cm³/mol. The number of rotatable bonds is 7. The van der Waals surface area contributed by atoms with Gasteiger partial charge in [-0.2, -0.15) is 0 Å². The SMILES string of the molecule is CCCCN1CCC(NC(=O)c2cccnc2Sc2ccc(C)c(C)c2)CC1. The Morgan fingerprint density at radius 2 is 2.00 bits per heavy atom. The van der Waals surface area contributed by atoms with Crippen molar-refractivity contribution in [3.05, 3.63) is 53.2 Å². The highest BCUT2D eigenvalue weighted by Gasteiger charge is 2.22. The van der Waals surface area contributed by atoms with Gasteiger partial charge >= 0.3 is 0 Å². The normalized spacial score (nSPS) is 15.5. The van der Waals surface area contributed by atoms with Gasteiger partial charge in [0.1, 0.15) is 5.03 Å². The maximum Gasteiger partial charge on any atom is 0.254 e. The van der Waals surface area contributed by atoms with E-state index in [1.807, 2.05) is 12.1 Å². The third-order valence-electron chi connectivity index (χ3n) is 5.46. The number of nitrogens with zero attached hydrogens (tertiary/aromatic N) is 2. The highest BCUT2D eigenvalue weighted by Crippen LogP contribution is 2.30. The molecule has 1 saturated heterocycles. The van der Waals surface area contributed by atoms with Crippen molar-refractivity contribution in [2.45, 2.75) is 62.4 Å². The minimum absolute atomic E-state index is 0.00792. The summed E-state index contributed by atoms with van der Waals surface area (Å²) in [5.74, 6) is -0.00792. The topological polar surface area (TPSA) is 45.2 Å². The zero-order chi connectivity index (χ0) is 19.9. The number of aromatic nitrogens is 1. The van der Waals surface area contributed by atoms with Crippen LogP contribution >= 0.6 is 11.8 Å². The number of nitrogens with one attached hydrogen (secondary N) is 1. The maximum absolute atomic E-state index is 12.9. The van der Waals surface area contributed by atoms with Crippen LogP contribution in [0.25, 0.3) is 0 Å². The number of carbonyl (C=O) groups is 1. The summed E-state index contributed by atoms with van der Waals surface area (Å²) < 4.78 is 0. The Hall–Kier alpha value is -1.85. The van der Waals surface area contributed by atoms with Crippen LogP contribution in [0.2, 0.25) is 0 Å². The molecule has 1 aliphatic rings. The van der Waals surface area contributed by atoms with Crippen LogP contribution in [0.15, 0.2) is 46.5 Å². The van der Waals surface area contributed by atoms with Crippen LogP contribution < -0.4 is 5.32 Å². The van der Waals surface area contributed by atoms with Crippen LogP contribution in [-0.2, 0) is 0 Å². The lowest BCUT2D eigenvalue weighted by Gasteiger charge is -2.32. The van der Waals surface area contributed by atoms with Gasteiger partial charge in [-0.25, -0.2) is 4.98 Å². The lowest BCUT2D eigenvalue weighted by Crippen LogP contribution is -2.45. The Labute approximate surface area is 173 Å². The lowest BCUT2D eigenvalue weighted by atomic mass is 10.0. The van der Waals surface area contributed by atoms with Crippen molar-refractivity contribution in [2.24, 2.45) is 0 Å². The fourth-order valence-electron chi connectivity index (χ4n) is 3.48.